The summed E-state index contributed by atoms with van der Waals surface area (Å²) in [5, 5.41) is 2.92. The predicted octanol–water partition coefficient (Wildman–Crippen LogP) is 6.40. The number of hydrogen-bond acceptors (Lipinski definition) is 1. The van der Waals surface area contributed by atoms with Gasteiger partial charge in [-0.2, -0.15) is 13.2 Å². The molecule has 1 amide bonds. The summed E-state index contributed by atoms with van der Waals surface area (Å²) >= 11 is 6.12. The molecule has 27 heavy (non-hydrogen) atoms. The maximum Gasteiger partial charge on any atom is 0.418 e. The van der Waals surface area contributed by atoms with E-state index in [9.17, 15) is 18.0 Å². The molecule has 2 fully saturated rings. The molecule has 4 rings (SSSR count). The molecule has 2 saturated carbocycles. The number of hydrogen-bond donors (Lipinski definition) is 1. The summed E-state index contributed by atoms with van der Waals surface area (Å²) in [4.78, 5) is 12.6. The summed E-state index contributed by atoms with van der Waals surface area (Å²) in [6, 6.07) is 10.7. The van der Waals surface area contributed by atoms with E-state index in [1.54, 1.807) is 30.3 Å². The van der Waals surface area contributed by atoms with Gasteiger partial charge in [0, 0.05) is 16.5 Å². The van der Waals surface area contributed by atoms with Crippen LogP contribution in [0.1, 0.15) is 31.2 Å². The number of anilines is 1. The van der Waals surface area contributed by atoms with Crippen LogP contribution in [0.25, 0.3) is 11.1 Å². The molecule has 3 atom stereocenters. The summed E-state index contributed by atoms with van der Waals surface area (Å²) < 4.78 is 40.9. The van der Waals surface area contributed by atoms with Crippen molar-refractivity contribution in [1.82, 2.24) is 0 Å². The van der Waals surface area contributed by atoms with Crippen LogP contribution in [0.5, 0.6) is 0 Å². The first-order chi connectivity index (χ1) is 12.8. The van der Waals surface area contributed by atoms with E-state index in [0.29, 0.717) is 28.0 Å². The summed E-state index contributed by atoms with van der Waals surface area (Å²) in [6.45, 7) is 0. The second kappa shape index (κ2) is 6.86. The van der Waals surface area contributed by atoms with Gasteiger partial charge in [0.15, 0.2) is 0 Å². The summed E-state index contributed by atoms with van der Waals surface area (Å²) in [5.41, 5.74) is -0.149. The van der Waals surface area contributed by atoms with Crippen molar-refractivity contribution in [2.75, 3.05) is 5.32 Å². The highest BCUT2D eigenvalue weighted by atomic mass is 35.5. The number of alkyl halides is 3. The van der Waals surface area contributed by atoms with Crippen molar-refractivity contribution >= 4 is 23.2 Å². The van der Waals surface area contributed by atoms with Gasteiger partial charge in [-0.25, -0.2) is 0 Å². The molecule has 0 saturated heterocycles. The molecule has 0 aliphatic heterocycles. The molecule has 0 radical (unpaired) electrons. The highest BCUT2D eigenvalue weighted by molar-refractivity contribution is 6.33. The van der Waals surface area contributed by atoms with E-state index in [-0.39, 0.29) is 17.5 Å². The molecule has 2 nitrogen and oxygen atoms in total. The molecule has 3 unspecified atom stereocenters. The van der Waals surface area contributed by atoms with Crippen molar-refractivity contribution in [1.29, 1.82) is 0 Å². The van der Waals surface area contributed by atoms with Gasteiger partial charge in [0.05, 0.1) is 11.3 Å². The number of rotatable bonds is 3. The minimum Gasteiger partial charge on any atom is -0.325 e. The van der Waals surface area contributed by atoms with Gasteiger partial charge in [0.25, 0.3) is 0 Å². The van der Waals surface area contributed by atoms with Gasteiger partial charge < -0.3 is 5.32 Å². The lowest BCUT2D eigenvalue weighted by Gasteiger charge is -2.22. The Balaban J connectivity index is 1.64. The van der Waals surface area contributed by atoms with E-state index < -0.39 is 11.7 Å². The third-order valence-corrected chi connectivity index (χ3v) is 6.17. The molecule has 0 aromatic heterocycles. The van der Waals surface area contributed by atoms with Crippen LogP contribution >= 0.6 is 11.6 Å². The summed E-state index contributed by atoms with van der Waals surface area (Å²) in [5.74, 6) is 0.397. The Labute approximate surface area is 160 Å². The predicted molar refractivity (Wildman–Crippen MR) is 99.5 cm³/mol. The van der Waals surface area contributed by atoms with Gasteiger partial charge in [0.1, 0.15) is 0 Å². The first-order valence-corrected chi connectivity index (χ1v) is 9.47. The number of benzene rings is 2. The van der Waals surface area contributed by atoms with Crippen LogP contribution in [0.3, 0.4) is 0 Å². The summed E-state index contributed by atoms with van der Waals surface area (Å²) in [6.07, 6.45) is -0.630. The molecular formula is C21H19ClF3NO. The minimum absolute atomic E-state index is 0.173. The number of carbonyl (C=O) groups excluding carboxylic acids is 1. The molecule has 1 N–H and O–H groups in total. The molecule has 0 spiro atoms. The van der Waals surface area contributed by atoms with Crippen molar-refractivity contribution in [3.63, 3.8) is 0 Å². The van der Waals surface area contributed by atoms with Gasteiger partial charge >= 0.3 is 6.18 Å². The normalized spacial score (nSPS) is 24.2. The number of carbonyl (C=O) groups is 1. The van der Waals surface area contributed by atoms with E-state index in [4.69, 9.17) is 11.6 Å². The smallest absolute Gasteiger partial charge is 0.325 e. The molecule has 0 heterocycles. The van der Waals surface area contributed by atoms with Crippen molar-refractivity contribution < 1.29 is 18.0 Å². The fourth-order valence-electron chi connectivity index (χ4n) is 4.54. The summed E-state index contributed by atoms with van der Waals surface area (Å²) in [7, 11) is 0. The van der Waals surface area contributed by atoms with Crippen molar-refractivity contribution in [2.45, 2.75) is 31.9 Å². The highest BCUT2D eigenvalue weighted by Gasteiger charge is 2.43. The van der Waals surface area contributed by atoms with Crippen LogP contribution in [0.2, 0.25) is 5.02 Å². The Morgan fingerprint density at radius 1 is 1.07 bits per heavy atom. The SMILES string of the molecule is O=C(Nc1ccc(-c2ccccc2Cl)cc1C(F)(F)F)C1CC2CCC1C2. The largest absolute Gasteiger partial charge is 0.418 e. The zero-order valence-electron chi connectivity index (χ0n) is 14.5. The molecule has 6 heteroatoms. The Morgan fingerprint density at radius 2 is 1.85 bits per heavy atom. The van der Waals surface area contributed by atoms with Gasteiger partial charge in [-0.3, -0.25) is 4.79 Å². The van der Waals surface area contributed by atoms with Crippen molar-refractivity contribution in [3.05, 3.63) is 53.1 Å². The molecule has 2 aliphatic carbocycles. The van der Waals surface area contributed by atoms with E-state index in [2.05, 4.69) is 5.32 Å². The maximum absolute atomic E-state index is 13.6. The second-order valence-electron chi connectivity index (χ2n) is 7.51. The Kier molecular flexibility index (Phi) is 4.66. The highest BCUT2D eigenvalue weighted by Crippen LogP contribution is 2.49. The average Bonchev–Trinajstić information content (AvgIpc) is 3.25. The van der Waals surface area contributed by atoms with Crippen LogP contribution in [0.4, 0.5) is 18.9 Å². The first-order valence-electron chi connectivity index (χ1n) is 9.10. The van der Waals surface area contributed by atoms with E-state index in [0.717, 1.165) is 31.7 Å². The molecule has 2 aliphatic rings. The Morgan fingerprint density at radius 3 is 2.48 bits per heavy atom. The lowest BCUT2D eigenvalue weighted by Crippen LogP contribution is -2.28. The fourth-order valence-corrected chi connectivity index (χ4v) is 4.79. The monoisotopic (exact) mass is 393 g/mol. The van der Waals surface area contributed by atoms with Crippen molar-refractivity contribution in [3.8, 4) is 11.1 Å². The molecule has 142 valence electrons. The minimum atomic E-state index is -4.57. The van der Waals surface area contributed by atoms with Crippen LogP contribution in [0, 0.1) is 17.8 Å². The molecular weight excluding hydrogens is 375 g/mol. The van der Waals surface area contributed by atoms with Crippen LogP contribution in [0.15, 0.2) is 42.5 Å². The van der Waals surface area contributed by atoms with Gasteiger partial charge in [-0.1, -0.05) is 42.3 Å². The third-order valence-electron chi connectivity index (χ3n) is 5.84. The lowest BCUT2D eigenvalue weighted by atomic mass is 9.88. The number of amides is 1. The molecule has 2 aromatic rings. The van der Waals surface area contributed by atoms with Crippen molar-refractivity contribution in [2.24, 2.45) is 17.8 Å². The lowest BCUT2D eigenvalue weighted by molar-refractivity contribution is -0.137. The maximum atomic E-state index is 13.6. The first kappa shape index (κ1) is 18.4. The topological polar surface area (TPSA) is 29.1 Å². The Hall–Kier alpha value is -2.01. The third kappa shape index (κ3) is 3.57. The number of nitrogens with one attached hydrogen (secondary N) is 1. The zero-order valence-corrected chi connectivity index (χ0v) is 15.3. The average molecular weight is 394 g/mol. The number of fused-ring (bicyclic) bond motifs is 2. The van der Waals surface area contributed by atoms with Crippen LogP contribution < -0.4 is 5.32 Å². The molecule has 2 bridgehead atoms. The quantitative estimate of drug-likeness (QED) is 0.642. The Bertz CT molecular complexity index is 880. The second-order valence-corrected chi connectivity index (χ2v) is 7.92. The van der Waals surface area contributed by atoms with Gasteiger partial charge in [-0.15, -0.1) is 0 Å². The van der Waals surface area contributed by atoms with E-state index >= 15 is 0 Å². The van der Waals surface area contributed by atoms with Gasteiger partial charge in [0.2, 0.25) is 5.91 Å². The zero-order chi connectivity index (χ0) is 19.2. The van der Waals surface area contributed by atoms with E-state index in [1.807, 2.05) is 0 Å². The van der Waals surface area contributed by atoms with Crippen LogP contribution in [-0.4, -0.2) is 5.91 Å². The molecule has 2 aromatic carbocycles. The number of halogens is 4. The van der Waals surface area contributed by atoms with E-state index in [1.165, 1.54) is 6.07 Å². The van der Waals surface area contributed by atoms with Gasteiger partial charge in [-0.05, 0) is 54.9 Å². The fraction of sp³-hybridized carbons (Fsp3) is 0.381. The standard InChI is InChI=1S/C21H19ClF3NO/c22-18-4-2-1-3-15(18)14-7-8-19(17(11-14)21(23,24)25)26-20(27)16-10-12-5-6-13(16)9-12/h1-4,7-8,11-13,16H,5-6,9-10H2,(H,26,27). The van der Waals surface area contributed by atoms with Crippen LogP contribution in [-0.2, 0) is 11.0 Å².